The molecule has 2 heterocycles. The standard InChI is InChI=1S/C19H17IN4O3S/c1-3-28-19-22-18(26)15-11-6-4-5-7-13(11)21-17(24(15)23-19)10-8-12(20)16(25)14(9-10)27-2/h4-9,17H,3H2,1-2H3,(H2,22,23,25,26)/p+1/t17-/m0/s1. The number of hydrogen-bond acceptors (Lipinski definition) is 6. The molecule has 1 aliphatic heterocycles. The van der Waals surface area contributed by atoms with Crippen LogP contribution in [-0.2, 0) is 0 Å². The van der Waals surface area contributed by atoms with Gasteiger partial charge in [-0.15, -0.1) is 0 Å². The zero-order valence-electron chi connectivity index (χ0n) is 15.2. The highest BCUT2D eigenvalue weighted by atomic mass is 127. The van der Waals surface area contributed by atoms with Gasteiger partial charge in [0, 0.05) is 10.7 Å². The van der Waals surface area contributed by atoms with Crippen molar-refractivity contribution in [1.29, 1.82) is 0 Å². The number of aromatic nitrogens is 3. The van der Waals surface area contributed by atoms with E-state index in [1.807, 2.05) is 37.3 Å². The van der Waals surface area contributed by atoms with Gasteiger partial charge in [-0.05, 0) is 57.3 Å². The van der Waals surface area contributed by atoms with Gasteiger partial charge in [0.25, 0.3) is 6.17 Å². The highest BCUT2D eigenvalue weighted by molar-refractivity contribution is 14.1. The predicted octanol–water partition coefficient (Wildman–Crippen LogP) is 3.13. The van der Waals surface area contributed by atoms with E-state index in [1.54, 1.807) is 10.7 Å². The van der Waals surface area contributed by atoms with Crippen molar-refractivity contribution in [2.45, 2.75) is 18.2 Å². The fourth-order valence-corrected chi connectivity index (χ4v) is 4.43. The van der Waals surface area contributed by atoms with Crippen molar-refractivity contribution in [3.63, 3.8) is 0 Å². The minimum atomic E-state index is -0.425. The third-order valence-corrected chi connectivity index (χ3v) is 6.02. The van der Waals surface area contributed by atoms with Crippen LogP contribution in [0.4, 0.5) is 5.69 Å². The number of aromatic amines is 1. The van der Waals surface area contributed by atoms with Gasteiger partial charge in [0.2, 0.25) is 5.16 Å². The lowest BCUT2D eigenvalue weighted by Gasteiger charge is -2.23. The zero-order valence-corrected chi connectivity index (χ0v) is 18.2. The van der Waals surface area contributed by atoms with Gasteiger partial charge in [0.1, 0.15) is 0 Å². The van der Waals surface area contributed by atoms with Crippen LogP contribution in [0.2, 0.25) is 0 Å². The van der Waals surface area contributed by atoms with Crippen molar-refractivity contribution >= 4 is 40.0 Å². The maximum absolute atomic E-state index is 12.9. The molecule has 0 spiro atoms. The summed E-state index contributed by atoms with van der Waals surface area (Å²) in [4.78, 5) is 15.8. The first-order valence-electron chi connectivity index (χ1n) is 8.64. The fraction of sp³-hybridized carbons (Fsp3) is 0.211. The summed E-state index contributed by atoms with van der Waals surface area (Å²) >= 11 is 3.53. The molecule has 0 amide bonds. The molecule has 4 rings (SSSR count). The SMILES string of the molecule is CCSc1n[n+]2c(c(=O)[nH]1)-c1ccccc1N[C@@H]2c1cc(I)c(O)c(OC)c1. The summed E-state index contributed by atoms with van der Waals surface area (Å²) in [5, 5.41) is 18.9. The number of phenols is 1. The van der Waals surface area contributed by atoms with Crippen LogP contribution >= 0.6 is 34.4 Å². The Hall–Kier alpha value is -2.27. The lowest BCUT2D eigenvalue weighted by Crippen LogP contribution is -2.55. The Bertz CT molecular complexity index is 1120. The van der Waals surface area contributed by atoms with E-state index in [0.29, 0.717) is 20.2 Å². The molecule has 9 heteroatoms. The van der Waals surface area contributed by atoms with Crippen LogP contribution in [-0.4, -0.2) is 28.1 Å². The number of H-pyrrole nitrogens is 1. The molecule has 0 saturated heterocycles. The molecule has 28 heavy (non-hydrogen) atoms. The second-order valence-electron chi connectivity index (χ2n) is 6.13. The number of aromatic hydroxyl groups is 1. The van der Waals surface area contributed by atoms with E-state index in [2.05, 4.69) is 38.0 Å². The summed E-state index contributed by atoms with van der Waals surface area (Å²) in [5.74, 6) is 1.26. The molecule has 0 bridgehead atoms. The van der Waals surface area contributed by atoms with Crippen molar-refractivity contribution in [1.82, 2.24) is 10.1 Å². The van der Waals surface area contributed by atoms with Crippen LogP contribution in [0, 0.1) is 3.57 Å². The Morgan fingerprint density at radius 1 is 1.36 bits per heavy atom. The maximum Gasteiger partial charge on any atom is 0.325 e. The third kappa shape index (κ3) is 3.22. The van der Waals surface area contributed by atoms with E-state index < -0.39 is 6.17 Å². The molecule has 0 aliphatic carbocycles. The third-order valence-electron chi connectivity index (χ3n) is 4.45. The Kier molecular flexibility index (Phi) is 5.19. The first kappa shape index (κ1) is 19.1. The monoisotopic (exact) mass is 509 g/mol. The highest BCUT2D eigenvalue weighted by Crippen LogP contribution is 2.37. The lowest BCUT2D eigenvalue weighted by atomic mass is 10.0. The number of halogens is 1. The minimum Gasteiger partial charge on any atom is -0.504 e. The fourth-order valence-electron chi connectivity index (χ4n) is 3.22. The average Bonchev–Trinajstić information content (AvgIpc) is 2.69. The number of benzene rings is 2. The Morgan fingerprint density at radius 2 is 2.14 bits per heavy atom. The van der Waals surface area contributed by atoms with Crippen LogP contribution in [0.1, 0.15) is 18.7 Å². The van der Waals surface area contributed by atoms with Gasteiger partial charge < -0.3 is 15.2 Å². The van der Waals surface area contributed by atoms with Crippen molar-refractivity contribution in [2.75, 3.05) is 18.2 Å². The average molecular weight is 509 g/mol. The molecular formula is C19H18IN4O3S+. The maximum atomic E-state index is 12.9. The topological polar surface area (TPSA) is 91.1 Å². The number of nitrogens with zero attached hydrogens (tertiary/aromatic N) is 2. The van der Waals surface area contributed by atoms with Crippen LogP contribution in [0.3, 0.4) is 0 Å². The summed E-state index contributed by atoms with van der Waals surface area (Å²) in [5.41, 5.74) is 2.76. The van der Waals surface area contributed by atoms with Gasteiger partial charge in [-0.1, -0.05) is 30.8 Å². The molecular weight excluding hydrogens is 491 g/mol. The predicted molar refractivity (Wildman–Crippen MR) is 116 cm³/mol. The highest BCUT2D eigenvalue weighted by Gasteiger charge is 2.38. The van der Waals surface area contributed by atoms with Crippen molar-refractivity contribution < 1.29 is 14.5 Å². The summed E-state index contributed by atoms with van der Waals surface area (Å²) in [6, 6.07) is 11.3. The normalized spacial score (nSPS) is 14.8. The smallest absolute Gasteiger partial charge is 0.325 e. The van der Waals surface area contributed by atoms with Crippen LogP contribution in [0.5, 0.6) is 11.5 Å². The van der Waals surface area contributed by atoms with Crippen LogP contribution in [0.25, 0.3) is 11.3 Å². The Morgan fingerprint density at radius 3 is 2.89 bits per heavy atom. The molecule has 7 nitrogen and oxygen atoms in total. The number of methoxy groups -OCH3 is 1. The molecule has 144 valence electrons. The number of nitrogens with one attached hydrogen (secondary N) is 2. The first-order valence-corrected chi connectivity index (χ1v) is 10.7. The molecule has 0 unspecified atom stereocenters. The number of para-hydroxylation sites is 1. The number of anilines is 1. The first-order chi connectivity index (χ1) is 13.5. The number of ether oxygens (including phenoxy) is 1. The molecule has 3 aromatic rings. The van der Waals surface area contributed by atoms with E-state index in [-0.39, 0.29) is 11.3 Å². The van der Waals surface area contributed by atoms with Gasteiger partial charge >= 0.3 is 11.3 Å². The molecule has 2 aromatic carbocycles. The summed E-state index contributed by atoms with van der Waals surface area (Å²) in [6.45, 7) is 2.01. The molecule has 0 radical (unpaired) electrons. The zero-order chi connectivity index (χ0) is 19.8. The minimum absolute atomic E-state index is 0.0920. The van der Waals surface area contributed by atoms with E-state index in [0.717, 1.165) is 22.6 Å². The van der Waals surface area contributed by atoms with Gasteiger partial charge in [-0.2, -0.15) is 0 Å². The molecule has 0 saturated carbocycles. The van der Waals surface area contributed by atoms with E-state index >= 15 is 0 Å². The lowest BCUT2D eigenvalue weighted by molar-refractivity contribution is -0.759. The van der Waals surface area contributed by atoms with Crippen molar-refractivity contribution in [3.8, 4) is 22.8 Å². The van der Waals surface area contributed by atoms with E-state index in [4.69, 9.17) is 4.74 Å². The summed E-state index contributed by atoms with van der Waals surface area (Å²) < 4.78 is 7.68. The van der Waals surface area contributed by atoms with Crippen molar-refractivity contribution in [2.24, 2.45) is 0 Å². The van der Waals surface area contributed by atoms with E-state index in [1.165, 1.54) is 18.9 Å². The Labute approximate surface area is 179 Å². The number of rotatable bonds is 4. The molecule has 0 fully saturated rings. The van der Waals surface area contributed by atoms with Gasteiger partial charge in [0.05, 0.1) is 21.9 Å². The second kappa shape index (κ2) is 7.63. The Balaban J connectivity index is 1.97. The van der Waals surface area contributed by atoms with Crippen LogP contribution < -0.4 is 20.3 Å². The van der Waals surface area contributed by atoms with Gasteiger partial charge in [-0.25, -0.2) is 0 Å². The number of hydrogen-bond donors (Lipinski definition) is 3. The number of fused-ring (bicyclic) bond motifs is 3. The van der Waals surface area contributed by atoms with Crippen LogP contribution in [0.15, 0.2) is 46.3 Å². The summed E-state index contributed by atoms with van der Waals surface area (Å²) in [7, 11) is 1.51. The second-order valence-corrected chi connectivity index (χ2v) is 8.55. The van der Waals surface area contributed by atoms with Gasteiger partial charge in [0.15, 0.2) is 11.5 Å². The molecule has 1 atom stereocenters. The summed E-state index contributed by atoms with van der Waals surface area (Å²) in [6.07, 6.45) is -0.425. The number of thioether (sulfide) groups is 1. The largest absolute Gasteiger partial charge is 0.504 e. The number of phenolic OH excluding ortho intramolecular Hbond substituents is 1. The van der Waals surface area contributed by atoms with Crippen molar-refractivity contribution in [3.05, 3.63) is 55.9 Å². The van der Waals surface area contributed by atoms with Gasteiger partial charge in [-0.3, -0.25) is 9.78 Å². The molecule has 1 aliphatic rings. The quantitative estimate of drug-likeness (QED) is 0.285. The molecule has 1 aromatic heterocycles. The molecule has 3 N–H and O–H groups in total. The van der Waals surface area contributed by atoms with E-state index in [9.17, 15) is 9.90 Å².